The maximum absolute atomic E-state index is 13.0. The number of nitro groups is 1. The molecule has 0 aliphatic carbocycles. The van der Waals surface area contributed by atoms with Crippen molar-refractivity contribution in [2.24, 2.45) is 0 Å². The second-order valence-corrected chi connectivity index (χ2v) is 12.9. The van der Waals surface area contributed by atoms with Crippen LogP contribution in [0.2, 0.25) is 0 Å². The zero-order valence-electron chi connectivity index (χ0n) is 20.5. The maximum Gasteiger partial charge on any atom is 0.283 e. The van der Waals surface area contributed by atoms with Crippen LogP contribution in [0.5, 0.6) is 0 Å². The van der Waals surface area contributed by atoms with E-state index in [0.29, 0.717) is 11.9 Å². The number of benzene rings is 1. The van der Waals surface area contributed by atoms with Gasteiger partial charge in [-0.25, -0.2) is 8.42 Å². The summed E-state index contributed by atoms with van der Waals surface area (Å²) < 4.78 is 52.5. The van der Waals surface area contributed by atoms with Crippen molar-refractivity contribution in [3.05, 3.63) is 27.8 Å². The Morgan fingerprint density at radius 3 is 2.33 bits per heavy atom. The molecule has 0 aromatic heterocycles. The molecule has 0 unspecified atom stereocenters. The molecule has 16 heteroatoms. The van der Waals surface area contributed by atoms with E-state index in [-0.39, 0.29) is 42.4 Å². The summed E-state index contributed by atoms with van der Waals surface area (Å²) in [5.41, 5.74) is -0.879. The molecule has 36 heavy (non-hydrogen) atoms. The van der Waals surface area contributed by atoms with Gasteiger partial charge in [-0.2, -0.15) is 8.42 Å². The summed E-state index contributed by atoms with van der Waals surface area (Å²) in [6.07, 6.45) is 1.80. The first kappa shape index (κ1) is 30.4. The third-order valence-corrected chi connectivity index (χ3v) is 7.66. The first-order valence-electron chi connectivity index (χ1n) is 11.1. The van der Waals surface area contributed by atoms with Crippen molar-refractivity contribution in [1.29, 1.82) is 0 Å². The predicted molar refractivity (Wildman–Crippen MR) is 139 cm³/mol. The summed E-state index contributed by atoms with van der Waals surface area (Å²) in [7, 11) is -5.65. The lowest BCUT2D eigenvalue weighted by Gasteiger charge is -2.32. The molecule has 1 aromatic carbocycles. The Kier molecular flexibility index (Phi) is 11.0. The number of alkyl halides is 1. The van der Waals surface area contributed by atoms with E-state index in [1.54, 1.807) is 0 Å². The number of carbonyl (C=O) groups excluding carboxylic acids is 1. The van der Waals surface area contributed by atoms with Crippen LogP contribution >= 0.6 is 15.9 Å². The van der Waals surface area contributed by atoms with E-state index < -0.39 is 36.5 Å². The van der Waals surface area contributed by atoms with Crippen LogP contribution in [-0.4, -0.2) is 121 Å². The molecule has 204 valence electrons. The third-order valence-electron chi connectivity index (χ3n) is 5.58. The minimum absolute atomic E-state index is 0.0382. The minimum atomic E-state index is -3.95. The van der Waals surface area contributed by atoms with Crippen LogP contribution in [0.3, 0.4) is 0 Å². The van der Waals surface area contributed by atoms with Gasteiger partial charge in [0.05, 0.1) is 28.4 Å². The Morgan fingerprint density at radius 1 is 1.17 bits per heavy atom. The molecule has 1 heterocycles. The molecule has 0 spiro atoms. The van der Waals surface area contributed by atoms with Crippen molar-refractivity contribution >= 4 is 53.2 Å². The quantitative estimate of drug-likeness (QED) is 0.140. The van der Waals surface area contributed by atoms with E-state index in [1.165, 1.54) is 11.0 Å². The van der Waals surface area contributed by atoms with Crippen molar-refractivity contribution < 1.29 is 30.7 Å². The number of piperazine rings is 1. The number of nitrogens with one attached hydrogen (secondary N) is 1. The van der Waals surface area contributed by atoms with E-state index in [1.807, 2.05) is 7.05 Å². The topological polar surface area (TPSA) is 159 Å². The number of carbonyl (C=O) groups is 1. The second-order valence-electron chi connectivity index (χ2n) is 8.47. The average molecular weight is 615 g/mol. The number of rotatable bonds is 13. The largest absolute Gasteiger partial charge is 0.367 e. The van der Waals surface area contributed by atoms with Crippen molar-refractivity contribution in [3.8, 4) is 0 Å². The van der Waals surface area contributed by atoms with E-state index in [0.717, 1.165) is 44.8 Å². The molecule has 1 aromatic rings. The lowest BCUT2D eigenvalue weighted by atomic mass is 10.1. The van der Waals surface area contributed by atoms with Gasteiger partial charge in [-0.1, -0.05) is 15.9 Å². The Morgan fingerprint density at radius 2 is 1.81 bits per heavy atom. The van der Waals surface area contributed by atoms with Gasteiger partial charge in [0.1, 0.15) is 5.56 Å². The minimum Gasteiger partial charge on any atom is -0.367 e. The first-order chi connectivity index (χ1) is 16.7. The lowest BCUT2D eigenvalue weighted by molar-refractivity contribution is -0.385. The molecular formula is C20H32BrN5O8S2. The zero-order valence-corrected chi connectivity index (χ0v) is 23.7. The van der Waals surface area contributed by atoms with Crippen LogP contribution < -0.4 is 10.2 Å². The van der Waals surface area contributed by atoms with Gasteiger partial charge in [-0.15, -0.1) is 0 Å². The molecule has 2 rings (SSSR count). The highest BCUT2D eigenvalue weighted by molar-refractivity contribution is 9.09. The Hall–Kier alpha value is -1.85. The molecular weight excluding hydrogens is 582 g/mol. The fourth-order valence-electron chi connectivity index (χ4n) is 3.68. The molecule has 0 saturated carbocycles. The lowest BCUT2D eigenvalue weighted by Crippen LogP contribution is -2.46. The summed E-state index contributed by atoms with van der Waals surface area (Å²) in [5.74, 6) is -0.705. The number of halogens is 1. The number of sulfone groups is 1. The second kappa shape index (κ2) is 13.1. The number of hydrogen-bond donors (Lipinski definition) is 1. The van der Waals surface area contributed by atoms with Gasteiger partial charge < -0.3 is 15.1 Å². The molecule has 1 aliphatic rings. The molecule has 0 radical (unpaired) electrons. The van der Waals surface area contributed by atoms with E-state index in [2.05, 4.69) is 31.0 Å². The predicted octanol–water partition coefficient (Wildman–Crippen LogP) is 0.153. The Balaban J connectivity index is 2.37. The Labute approximate surface area is 220 Å². The fourth-order valence-corrected chi connectivity index (χ4v) is 5.38. The number of hydrogen-bond acceptors (Lipinski definition) is 11. The van der Waals surface area contributed by atoms with Crippen LogP contribution in [0.1, 0.15) is 10.4 Å². The standard InChI is InChI=1S/C20H32BrN5O8S2/c1-23-8-10-24(11-9-23)7-5-22-20(27)16-14-18(19(35(2,30)31)15-17(16)26(28)29)25(6-4-21)12-13-34-36(3,32)33/h14-15H,4-13H2,1-3H3,(H,22,27). The van der Waals surface area contributed by atoms with Crippen molar-refractivity contribution in [2.45, 2.75) is 4.90 Å². The van der Waals surface area contributed by atoms with Crippen LogP contribution in [0.4, 0.5) is 11.4 Å². The van der Waals surface area contributed by atoms with E-state index in [4.69, 9.17) is 4.18 Å². The van der Waals surface area contributed by atoms with Gasteiger partial charge in [0, 0.05) is 70.0 Å². The summed E-state index contributed by atoms with van der Waals surface area (Å²) in [6, 6.07) is 2.04. The summed E-state index contributed by atoms with van der Waals surface area (Å²) in [4.78, 5) is 29.5. The number of nitrogens with zero attached hydrogens (tertiary/aromatic N) is 4. The van der Waals surface area contributed by atoms with E-state index >= 15 is 0 Å². The zero-order chi connectivity index (χ0) is 27.1. The van der Waals surface area contributed by atoms with Crippen molar-refractivity contribution in [2.75, 3.05) is 88.8 Å². The number of likely N-dealkylation sites (N-methyl/N-ethyl adjacent to an activating group) is 1. The highest BCUT2D eigenvalue weighted by atomic mass is 79.9. The molecule has 1 fully saturated rings. The number of nitro benzene ring substituents is 1. The van der Waals surface area contributed by atoms with Gasteiger partial charge in [-0.05, 0) is 13.1 Å². The van der Waals surface area contributed by atoms with Gasteiger partial charge >= 0.3 is 0 Å². The van der Waals surface area contributed by atoms with Crippen LogP contribution in [0, 0.1) is 10.1 Å². The number of amides is 1. The van der Waals surface area contributed by atoms with Crippen molar-refractivity contribution in [3.63, 3.8) is 0 Å². The molecule has 1 saturated heterocycles. The van der Waals surface area contributed by atoms with Crippen molar-refractivity contribution in [1.82, 2.24) is 15.1 Å². The highest BCUT2D eigenvalue weighted by Crippen LogP contribution is 2.33. The van der Waals surface area contributed by atoms with Crippen LogP contribution in [-0.2, 0) is 24.1 Å². The van der Waals surface area contributed by atoms with Gasteiger partial charge in [-0.3, -0.25) is 24.0 Å². The molecule has 1 N–H and O–H groups in total. The molecule has 1 amide bonds. The van der Waals surface area contributed by atoms with Gasteiger partial charge in [0.15, 0.2) is 9.84 Å². The van der Waals surface area contributed by atoms with Gasteiger partial charge in [0.25, 0.3) is 21.7 Å². The Bertz CT molecular complexity index is 1150. The summed E-state index contributed by atoms with van der Waals surface area (Å²) in [6.45, 7) is 4.23. The SMILES string of the molecule is CN1CCN(CCNC(=O)c2cc(N(CCBr)CCOS(C)(=O)=O)c(S(C)(=O)=O)cc2[N+](=O)[O-])CC1. The smallest absolute Gasteiger partial charge is 0.283 e. The summed E-state index contributed by atoms with van der Waals surface area (Å²) in [5, 5.41) is 14.8. The third kappa shape index (κ3) is 9.23. The van der Waals surface area contributed by atoms with E-state index in [9.17, 15) is 31.7 Å². The van der Waals surface area contributed by atoms with Crippen LogP contribution in [0.25, 0.3) is 0 Å². The monoisotopic (exact) mass is 613 g/mol. The molecule has 1 aliphatic heterocycles. The highest BCUT2D eigenvalue weighted by Gasteiger charge is 2.29. The van der Waals surface area contributed by atoms with Crippen LogP contribution in [0.15, 0.2) is 17.0 Å². The normalized spacial score (nSPS) is 15.6. The number of anilines is 1. The molecule has 13 nitrogen and oxygen atoms in total. The molecule has 0 atom stereocenters. The average Bonchev–Trinajstić information content (AvgIpc) is 2.77. The maximum atomic E-state index is 13.0. The summed E-state index contributed by atoms with van der Waals surface area (Å²) >= 11 is 3.27. The fraction of sp³-hybridized carbons (Fsp3) is 0.650. The first-order valence-corrected chi connectivity index (χ1v) is 15.9. The molecule has 0 bridgehead atoms. The van der Waals surface area contributed by atoms with Gasteiger partial charge in [0.2, 0.25) is 0 Å².